The molecule has 0 N–H and O–H groups in total. The van der Waals surface area contributed by atoms with Gasteiger partial charge in [0.25, 0.3) is 5.91 Å². The van der Waals surface area contributed by atoms with Crippen LogP contribution in [0.25, 0.3) is 49.7 Å². The molecule has 0 aliphatic rings. The van der Waals surface area contributed by atoms with E-state index in [0.717, 1.165) is 55.3 Å². The average Bonchev–Trinajstić information content (AvgIpc) is 3.39. The van der Waals surface area contributed by atoms with Crippen LogP contribution in [0.5, 0.6) is 0 Å². The molecule has 0 atom stereocenters. The van der Waals surface area contributed by atoms with Gasteiger partial charge in [0.15, 0.2) is 0 Å². The molecule has 1 aromatic heterocycles. The standard InChI is InChI=1S/C40H30N2O2/c1-27-11-8-15-30(23-27)32-21-22-37-35(25-32)34-18-6-7-19-36(34)42(37)38-20-9-12-28(2)39(38)40(44)41(26-43)33-17-10-16-31(24-33)29-13-4-3-5-14-29/h3-26H,1-2H3. The summed E-state index contributed by atoms with van der Waals surface area (Å²) in [7, 11) is 0. The van der Waals surface area contributed by atoms with Crippen molar-refractivity contribution >= 4 is 39.8 Å². The molecule has 6 aromatic carbocycles. The molecule has 7 aromatic rings. The highest BCUT2D eigenvalue weighted by atomic mass is 16.2. The molecule has 212 valence electrons. The van der Waals surface area contributed by atoms with Crippen molar-refractivity contribution in [3.05, 3.63) is 156 Å². The summed E-state index contributed by atoms with van der Waals surface area (Å²) < 4.78 is 2.15. The van der Waals surface area contributed by atoms with Crippen LogP contribution in [0.15, 0.2) is 140 Å². The van der Waals surface area contributed by atoms with Crippen molar-refractivity contribution < 1.29 is 9.59 Å². The number of hydrogen-bond acceptors (Lipinski definition) is 2. The fourth-order valence-electron chi connectivity index (χ4n) is 6.17. The van der Waals surface area contributed by atoms with E-state index in [1.165, 1.54) is 10.5 Å². The van der Waals surface area contributed by atoms with Crippen molar-refractivity contribution in [1.29, 1.82) is 0 Å². The van der Waals surface area contributed by atoms with Crippen molar-refractivity contribution in [2.24, 2.45) is 0 Å². The molecule has 0 unspecified atom stereocenters. The summed E-state index contributed by atoms with van der Waals surface area (Å²) in [5.41, 5.74) is 9.96. The van der Waals surface area contributed by atoms with E-state index in [4.69, 9.17) is 0 Å². The van der Waals surface area contributed by atoms with E-state index in [1.807, 2.05) is 85.8 Å². The molecule has 0 spiro atoms. The van der Waals surface area contributed by atoms with E-state index in [1.54, 1.807) is 6.07 Å². The van der Waals surface area contributed by atoms with Crippen LogP contribution in [-0.2, 0) is 4.79 Å². The lowest BCUT2D eigenvalue weighted by Gasteiger charge is -2.21. The Morgan fingerprint density at radius 3 is 2.05 bits per heavy atom. The van der Waals surface area contributed by atoms with Crippen molar-refractivity contribution in [2.75, 3.05) is 4.90 Å². The molecule has 0 radical (unpaired) electrons. The molecule has 0 fully saturated rings. The number of benzene rings is 6. The predicted octanol–water partition coefficient (Wildman–Crippen LogP) is 9.54. The molecule has 0 aliphatic carbocycles. The zero-order valence-corrected chi connectivity index (χ0v) is 24.6. The van der Waals surface area contributed by atoms with E-state index < -0.39 is 0 Å². The number of carbonyl (C=O) groups excluding carboxylic acids is 2. The van der Waals surface area contributed by atoms with E-state index in [9.17, 15) is 9.59 Å². The first kappa shape index (κ1) is 27.1. The lowest BCUT2D eigenvalue weighted by Crippen LogP contribution is -2.31. The number of aryl methyl sites for hydroxylation is 2. The minimum Gasteiger partial charge on any atom is -0.308 e. The number of hydrogen-bond donors (Lipinski definition) is 0. The first-order valence-electron chi connectivity index (χ1n) is 14.7. The zero-order valence-electron chi connectivity index (χ0n) is 24.6. The zero-order chi connectivity index (χ0) is 30.2. The minimum absolute atomic E-state index is 0.374. The van der Waals surface area contributed by atoms with Crippen molar-refractivity contribution in [3.63, 3.8) is 0 Å². The molecule has 4 heteroatoms. The van der Waals surface area contributed by atoms with Gasteiger partial charge in [-0.05, 0) is 78.1 Å². The molecule has 0 saturated heterocycles. The Morgan fingerprint density at radius 2 is 1.25 bits per heavy atom. The highest BCUT2D eigenvalue weighted by molar-refractivity contribution is 6.19. The van der Waals surface area contributed by atoms with Gasteiger partial charge < -0.3 is 4.57 Å². The Bertz CT molecular complexity index is 2190. The van der Waals surface area contributed by atoms with Crippen LogP contribution in [0.2, 0.25) is 0 Å². The van der Waals surface area contributed by atoms with Gasteiger partial charge in [-0.25, -0.2) is 4.90 Å². The molecule has 2 amide bonds. The maximum absolute atomic E-state index is 14.4. The normalized spacial score (nSPS) is 11.1. The fourth-order valence-corrected chi connectivity index (χ4v) is 6.17. The topological polar surface area (TPSA) is 42.3 Å². The number of anilines is 1. The molecular weight excluding hydrogens is 540 g/mol. The number of carbonyl (C=O) groups is 2. The van der Waals surface area contributed by atoms with Gasteiger partial charge in [0, 0.05) is 10.8 Å². The third-order valence-corrected chi connectivity index (χ3v) is 8.29. The molecule has 1 heterocycles. The number of nitrogens with zero attached hydrogens (tertiary/aromatic N) is 2. The number of imide groups is 1. The summed E-state index contributed by atoms with van der Waals surface area (Å²) >= 11 is 0. The Balaban J connectivity index is 1.39. The predicted molar refractivity (Wildman–Crippen MR) is 180 cm³/mol. The Labute approximate surface area is 256 Å². The Hall–Kier alpha value is -5.74. The first-order chi connectivity index (χ1) is 21.5. The largest absolute Gasteiger partial charge is 0.308 e. The number of amides is 2. The monoisotopic (exact) mass is 570 g/mol. The van der Waals surface area contributed by atoms with Crippen molar-refractivity contribution in [3.8, 4) is 27.9 Å². The van der Waals surface area contributed by atoms with E-state index in [-0.39, 0.29) is 5.91 Å². The smallest absolute Gasteiger partial charge is 0.267 e. The van der Waals surface area contributed by atoms with E-state index >= 15 is 0 Å². The quantitative estimate of drug-likeness (QED) is 0.187. The van der Waals surface area contributed by atoms with Crippen LogP contribution in [0.1, 0.15) is 21.5 Å². The minimum atomic E-state index is -0.374. The second-order valence-electron chi connectivity index (χ2n) is 11.1. The lowest BCUT2D eigenvalue weighted by molar-refractivity contribution is -0.106. The van der Waals surface area contributed by atoms with Gasteiger partial charge >= 0.3 is 0 Å². The summed E-state index contributed by atoms with van der Waals surface area (Å²) in [6, 6.07) is 46.6. The van der Waals surface area contributed by atoms with Crippen LogP contribution in [0, 0.1) is 13.8 Å². The Morgan fingerprint density at radius 1 is 0.591 bits per heavy atom. The van der Waals surface area contributed by atoms with Gasteiger partial charge in [0.2, 0.25) is 6.41 Å². The third-order valence-electron chi connectivity index (χ3n) is 8.29. The van der Waals surface area contributed by atoms with Gasteiger partial charge in [-0.3, -0.25) is 9.59 Å². The first-order valence-corrected chi connectivity index (χ1v) is 14.7. The number of para-hydroxylation sites is 1. The number of fused-ring (bicyclic) bond motifs is 3. The van der Waals surface area contributed by atoms with Gasteiger partial charge in [-0.1, -0.05) is 109 Å². The van der Waals surface area contributed by atoms with Crippen LogP contribution in [0.3, 0.4) is 0 Å². The molecular formula is C40H30N2O2. The summed E-state index contributed by atoms with van der Waals surface area (Å²) in [6.07, 6.45) is 0.614. The van der Waals surface area contributed by atoms with E-state index in [0.29, 0.717) is 17.7 Å². The molecule has 4 nitrogen and oxygen atoms in total. The highest BCUT2D eigenvalue weighted by Gasteiger charge is 2.25. The maximum atomic E-state index is 14.4. The molecule has 44 heavy (non-hydrogen) atoms. The summed E-state index contributed by atoms with van der Waals surface area (Å²) in [4.78, 5) is 28.2. The number of aromatic nitrogens is 1. The van der Waals surface area contributed by atoms with Crippen molar-refractivity contribution in [1.82, 2.24) is 4.57 Å². The second kappa shape index (κ2) is 11.2. The van der Waals surface area contributed by atoms with Gasteiger partial charge in [0.05, 0.1) is 28.0 Å². The molecule has 0 aliphatic heterocycles. The van der Waals surface area contributed by atoms with Crippen LogP contribution in [0.4, 0.5) is 5.69 Å². The lowest BCUT2D eigenvalue weighted by atomic mass is 10.0. The molecule has 0 saturated carbocycles. The van der Waals surface area contributed by atoms with Crippen LogP contribution in [-0.4, -0.2) is 16.9 Å². The van der Waals surface area contributed by atoms with E-state index in [2.05, 4.69) is 66.1 Å². The highest BCUT2D eigenvalue weighted by Crippen LogP contribution is 2.37. The summed E-state index contributed by atoms with van der Waals surface area (Å²) in [6.45, 7) is 4.02. The Kier molecular flexibility index (Phi) is 6.88. The SMILES string of the molecule is Cc1cccc(-c2ccc3c(c2)c2ccccc2n3-c2cccc(C)c2C(=O)N(C=O)c2cccc(-c3ccccc3)c2)c1. The fraction of sp³-hybridized carbons (Fsp3) is 0.0500. The van der Waals surface area contributed by atoms with Crippen LogP contribution >= 0.6 is 0 Å². The van der Waals surface area contributed by atoms with Gasteiger partial charge in [-0.2, -0.15) is 0 Å². The summed E-state index contributed by atoms with van der Waals surface area (Å²) in [5.74, 6) is -0.374. The third kappa shape index (κ3) is 4.67. The summed E-state index contributed by atoms with van der Waals surface area (Å²) in [5, 5.41) is 2.20. The maximum Gasteiger partial charge on any atom is 0.267 e. The van der Waals surface area contributed by atoms with Gasteiger partial charge in [0.1, 0.15) is 0 Å². The average molecular weight is 571 g/mol. The molecule has 0 bridgehead atoms. The number of rotatable bonds is 6. The van der Waals surface area contributed by atoms with Gasteiger partial charge in [-0.15, -0.1) is 0 Å². The second-order valence-corrected chi connectivity index (χ2v) is 11.1. The van der Waals surface area contributed by atoms with Crippen molar-refractivity contribution in [2.45, 2.75) is 13.8 Å². The van der Waals surface area contributed by atoms with Crippen LogP contribution < -0.4 is 4.90 Å². The molecule has 7 rings (SSSR count).